The fourth-order valence-electron chi connectivity index (χ4n) is 1.51. The fraction of sp³-hybridized carbons (Fsp3) is 0.619. The minimum Gasteiger partial charge on any atom is -0.480 e. The Bertz CT molecular complexity index is 653. The molecule has 30 heavy (non-hydrogen) atoms. The van der Waals surface area contributed by atoms with Crippen LogP contribution < -0.4 is 0 Å². The second-order valence-corrected chi connectivity index (χ2v) is 6.32. The zero-order valence-electron chi connectivity index (χ0n) is 18.6. The number of nitriles is 2. The number of Topliss-reactive ketones (excluding diaryl/α,β-unsaturated/α-hetero) is 1. The third kappa shape index (κ3) is 22.8. The lowest BCUT2D eigenvalue weighted by atomic mass is 10.00. The summed E-state index contributed by atoms with van der Waals surface area (Å²) in [7, 11) is 0. The molecular formula is C21H32N2O7. The molecule has 0 saturated carbocycles. The number of carbonyl (C=O) groups is 4. The van der Waals surface area contributed by atoms with Crippen LogP contribution in [0.4, 0.5) is 0 Å². The van der Waals surface area contributed by atoms with Gasteiger partial charge in [0, 0.05) is 12.0 Å². The van der Waals surface area contributed by atoms with E-state index in [0.29, 0.717) is 13.2 Å². The summed E-state index contributed by atoms with van der Waals surface area (Å²) in [6.07, 6.45) is 1.14. The molecule has 0 atom stereocenters. The van der Waals surface area contributed by atoms with E-state index in [-0.39, 0.29) is 36.4 Å². The third-order valence-corrected chi connectivity index (χ3v) is 3.14. The summed E-state index contributed by atoms with van der Waals surface area (Å²) >= 11 is 0. The third-order valence-electron chi connectivity index (χ3n) is 3.14. The summed E-state index contributed by atoms with van der Waals surface area (Å²) in [5.41, 5.74) is 0.820. The second-order valence-electron chi connectivity index (χ2n) is 6.32. The van der Waals surface area contributed by atoms with Gasteiger partial charge in [-0.25, -0.2) is 0 Å². The largest absolute Gasteiger partial charge is 0.480 e. The van der Waals surface area contributed by atoms with Crippen LogP contribution in [0.15, 0.2) is 11.6 Å². The maximum absolute atomic E-state index is 11.1. The Morgan fingerprint density at radius 3 is 1.63 bits per heavy atom. The number of ketones is 1. The van der Waals surface area contributed by atoms with Crippen LogP contribution in [0.2, 0.25) is 0 Å². The SMILES string of the molecule is CCOC(=O)C/C(=C/C#N)C(C)C.CCOC(=O)CC(=O)C(C)C.N#CCC(=O)O. The van der Waals surface area contributed by atoms with E-state index in [1.807, 2.05) is 19.9 Å². The van der Waals surface area contributed by atoms with E-state index in [9.17, 15) is 19.2 Å². The van der Waals surface area contributed by atoms with Gasteiger partial charge in [0.25, 0.3) is 0 Å². The average Bonchev–Trinajstić information content (AvgIpc) is 2.62. The van der Waals surface area contributed by atoms with Gasteiger partial charge in [-0.3, -0.25) is 19.2 Å². The number of allylic oxidation sites excluding steroid dienone is 1. The maximum atomic E-state index is 11.1. The molecule has 0 unspecified atom stereocenters. The zero-order chi connectivity index (χ0) is 24.1. The van der Waals surface area contributed by atoms with Crippen LogP contribution in [0.3, 0.4) is 0 Å². The molecule has 0 heterocycles. The lowest BCUT2D eigenvalue weighted by Crippen LogP contribution is -2.15. The smallest absolute Gasteiger partial charge is 0.317 e. The molecule has 0 aliphatic carbocycles. The van der Waals surface area contributed by atoms with Crippen molar-refractivity contribution in [1.82, 2.24) is 0 Å². The molecule has 168 valence electrons. The first kappa shape index (κ1) is 31.5. The molecule has 9 nitrogen and oxygen atoms in total. The fourth-order valence-corrected chi connectivity index (χ4v) is 1.51. The van der Waals surface area contributed by atoms with E-state index < -0.39 is 18.4 Å². The Morgan fingerprint density at radius 1 is 0.900 bits per heavy atom. The van der Waals surface area contributed by atoms with E-state index >= 15 is 0 Å². The molecule has 0 fully saturated rings. The second kappa shape index (κ2) is 20.5. The molecule has 0 aromatic rings. The molecule has 0 radical (unpaired) electrons. The van der Waals surface area contributed by atoms with Crippen molar-refractivity contribution in [3.8, 4) is 12.1 Å². The number of ether oxygens (including phenoxy) is 2. The van der Waals surface area contributed by atoms with E-state index in [1.165, 1.54) is 12.1 Å². The Balaban J connectivity index is -0.000000389. The number of aliphatic carboxylic acids is 1. The predicted molar refractivity (Wildman–Crippen MR) is 109 cm³/mol. The van der Waals surface area contributed by atoms with Gasteiger partial charge in [-0.2, -0.15) is 10.5 Å². The van der Waals surface area contributed by atoms with Crippen LogP contribution in [0, 0.1) is 34.5 Å². The summed E-state index contributed by atoms with van der Waals surface area (Å²) in [4.78, 5) is 42.1. The first-order chi connectivity index (χ1) is 14.0. The molecule has 9 heteroatoms. The van der Waals surface area contributed by atoms with Crippen molar-refractivity contribution >= 4 is 23.7 Å². The number of carbonyl (C=O) groups excluding carboxylic acids is 3. The van der Waals surface area contributed by atoms with Crippen molar-refractivity contribution in [2.45, 2.75) is 60.8 Å². The normalized spacial score (nSPS) is 9.73. The quantitative estimate of drug-likeness (QED) is 0.333. The highest BCUT2D eigenvalue weighted by Crippen LogP contribution is 2.13. The van der Waals surface area contributed by atoms with Gasteiger partial charge in [0.1, 0.15) is 18.6 Å². The molecule has 0 aliphatic heterocycles. The number of carboxylic acid groups (broad SMARTS) is 1. The standard InChI is InChI=1S/C10H15NO2.C8H14O3.C3H3NO2/c1-4-13-10(12)7-9(5-6-11)8(2)3;1-4-11-8(10)5-7(9)6(2)3;4-2-1-3(5)6/h5,8H,4,7H2,1-3H3;6H,4-5H2,1-3H3;1H2,(H,5,6)/b9-5-;;. The van der Waals surface area contributed by atoms with E-state index in [1.54, 1.807) is 27.7 Å². The molecule has 0 aromatic carbocycles. The highest BCUT2D eigenvalue weighted by atomic mass is 16.5. The van der Waals surface area contributed by atoms with Crippen molar-refractivity contribution in [1.29, 1.82) is 10.5 Å². The summed E-state index contributed by atoms with van der Waals surface area (Å²) in [6, 6.07) is 3.39. The van der Waals surface area contributed by atoms with Crippen molar-refractivity contribution in [3.05, 3.63) is 11.6 Å². The van der Waals surface area contributed by atoms with Gasteiger partial charge in [-0.15, -0.1) is 0 Å². The number of nitrogens with zero attached hydrogens (tertiary/aromatic N) is 2. The molecule has 0 bridgehead atoms. The number of esters is 2. The first-order valence-corrected chi connectivity index (χ1v) is 9.47. The van der Waals surface area contributed by atoms with Gasteiger partial charge < -0.3 is 14.6 Å². The first-order valence-electron chi connectivity index (χ1n) is 9.47. The lowest BCUT2D eigenvalue weighted by molar-refractivity contribution is -0.146. The van der Waals surface area contributed by atoms with Crippen molar-refractivity contribution in [2.24, 2.45) is 11.8 Å². The highest BCUT2D eigenvalue weighted by Gasteiger charge is 2.13. The number of hydrogen-bond acceptors (Lipinski definition) is 8. The Kier molecular flexibility index (Phi) is 21.6. The molecule has 0 amide bonds. The van der Waals surface area contributed by atoms with Crippen molar-refractivity contribution in [2.75, 3.05) is 13.2 Å². The molecule has 0 aromatic heterocycles. The van der Waals surface area contributed by atoms with Crippen molar-refractivity contribution in [3.63, 3.8) is 0 Å². The van der Waals surface area contributed by atoms with Gasteiger partial charge in [-0.05, 0) is 25.3 Å². The monoisotopic (exact) mass is 424 g/mol. The number of carboxylic acids is 1. The van der Waals surface area contributed by atoms with E-state index in [4.69, 9.17) is 20.4 Å². The molecule has 0 spiro atoms. The molecule has 0 saturated heterocycles. The van der Waals surface area contributed by atoms with E-state index in [2.05, 4.69) is 4.74 Å². The summed E-state index contributed by atoms with van der Waals surface area (Å²) in [5.74, 6) is -1.70. The van der Waals surface area contributed by atoms with Crippen LogP contribution in [0.25, 0.3) is 0 Å². The van der Waals surface area contributed by atoms with Crippen LogP contribution >= 0.6 is 0 Å². The topological polar surface area (TPSA) is 155 Å². The zero-order valence-corrected chi connectivity index (χ0v) is 18.6. The lowest BCUT2D eigenvalue weighted by Gasteiger charge is -2.08. The molecular weight excluding hydrogens is 392 g/mol. The Hall–Kier alpha value is -3.20. The van der Waals surface area contributed by atoms with Crippen molar-refractivity contribution < 1.29 is 33.8 Å². The average molecular weight is 424 g/mol. The minimum absolute atomic E-state index is 0.0662. The maximum Gasteiger partial charge on any atom is 0.317 e. The number of hydrogen-bond donors (Lipinski definition) is 1. The van der Waals surface area contributed by atoms with Gasteiger partial charge in [0.2, 0.25) is 0 Å². The summed E-state index contributed by atoms with van der Waals surface area (Å²) < 4.78 is 9.38. The molecule has 0 aliphatic rings. The van der Waals surface area contributed by atoms with Gasteiger partial charge in [-0.1, -0.05) is 27.7 Å². The minimum atomic E-state index is -1.07. The Morgan fingerprint density at radius 2 is 1.37 bits per heavy atom. The van der Waals surface area contributed by atoms with Gasteiger partial charge in [0.15, 0.2) is 0 Å². The van der Waals surface area contributed by atoms with Crippen LogP contribution in [0.5, 0.6) is 0 Å². The molecule has 0 rings (SSSR count). The van der Waals surface area contributed by atoms with E-state index in [0.717, 1.165) is 5.57 Å². The highest BCUT2D eigenvalue weighted by molar-refractivity contribution is 5.96. The van der Waals surface area contributed by atoms with Crippen LogP contribution in [-0.2, 0) is 28.7 Å². The summed E-state index contributed by atoms with van der Waals surface area (Å²) in [6.45, 7) is 11.6. The Labute approximate surface area is 178 Å². The van der Waals surface area contributed by atoms with Crippen LogP contribution in [0.1, 0.15) is 60.8 Å². The van der Waals surface area contributed by atoms with Gasteiger partial charge >= 0.3 is 17.9 Å². The van der Waals surface area contributed by atoms with Crippen LogP contribution in [-0.4, -0.2) is 42.0 Å². The predicted octanol–water partition coefficient (Wildman–Crippen LogP) is 3.19. The van der Waals surface area contributed by atoms with Gasteiger partial charge in [0.05, 0.1) is 31.8 Å². The summed E-state index contributed by atoms with van der Waals surface area (Å²) in [5, 5.41) is 23.7. The molecule has 1 N–H and O–H groups in total. The number of rotatable bonds is 9.